The minimum Gasteiger partial charge on any atom is -0.361 e. The van der Waals surface area contributed by atoms with Crippen molar-refractivity contribution in [3.05, 3.63) is 0 Å². The first-order valence-electron chi connectivity index (χ1n) is 7.30. The summed E-state index contributed by atoms with van der Waals surface area (Å²) in [4.78, 5) is 12.3. The molecule has 1 saturated heterocycles. The van der Waals surface area contributed by atoms with Crippen molar-refractivity contribution in [1.29, 1.82) is 0 Å². The second-order valence-electron chi connectivity index (χ2n) is 8.66. The van der Waals surface area contributed by atoms with Crippen molar-refractivity contribution in [3.63, 3.8) is 0 Å². The zero-order valence-electron chi connectivity index (χ0n) is 12.4. The van der Waals surface area contributed by atoms with E-state index < -0.39 is 0 Å². The van der Waals surface area contributed by atoms with Crippen molar-refractivity contribution in [2.75, 3.05) is 6.61 Å². The second-order valence-corrected chi connectivity index (χ2v) is 8.66. The highest BCUT2D eigenvalue weighted by Gasteiger charge is 2.74. The van der Waals surface area contributed by atoms with E-state index in [2.05, 4.69) is 34.6 Å². The lowest BCUT2D eigenvalue weighted by atomic mass is 9.50. The van der Waals surface area contributed by atoms with Crippen LogP contribution < -0.4 is 0 Å². The fourth-order valence-electron chi connectivity index (χ4n) is 5.66. The summed E-state index contributed by atoms with van der Waals surface area (Å²) in [6.07, 6.45) is 4.28. The summed E-state index contributed by atoms with van der Waals surface area (Å²) < 4.78 is 5.77. The zero-order valence-corrected chi connectivity index (χ0v) is 12.4. The largest absolute Gasteiger partial charge is 0.361 e. The summed E-state index contributed by atoms with van der Waals surface area (Å²) >= 11 is 0. The SMILES string of the molecule is C[C@H]1CC(=O)[C@]2(CO2)C12CC(C)(C)CC(C)(C)C2. The van der Waals surface area contributed by atoms with Crippen LogP contribution in [0, 0.1) is 22.2 Å². The van der Waals surface area contributed by atoms with Gasteiger partial charge in [-0.15, -0.1) is 0 Å². The van der Waals surface area contributed by atoms with Crippen LogP contribution in [0.4, 0.5) is 0 Å². The summed E-state index contributed by atoms with van der Waals surface area (Å²) in [5.74, 6) is 0.856. The Bertz CT molecular complexity index is 385. The normalized spacial score (nSPS) is 43.6. The van der Waals surface area contributed by atoms with Crippen LogP contribution in [-0.2, 0) is 9.53 Å². The zero-order chi connectivity index (χ0) is 13.4. The van der Waals surface area contributed by atoms with Crippen molar-refractivity contribution < 1.29 is 9.53 Å². The number of ketones is 1. The predicted molar refractivity (Wildman–Crippen MR) is 71.3 cm³/mol. The maximum atomic E-state index is 12.3. The standard InChI is InChI=1S/C16H26O2/c1-11-6-12(17)16(10-18-16)15(11)8-13(2,3)7-14(4,5)9-15/h11H,6-10H2,1-5H3/t11-,16+/m0/s1. The monoisotopic (exact) mass is 250 g/mol. The van der Waals surface area contributed by atoms with Gasteiger partial charge in [-0.3, -0.25) is 4.79 Å². The number of ether oxygens (including phenoxy) is 1. The Hall–Kier alpha value is -0.370. The molecular formula is C16H26O2. The van der Waals surface area contributed by atoms with Gasteiger partial charge < -0.3 is 4.74 Å². The van der Waals surface area contributed by atoms with E-state index in [0.717, 1.165) is 19.3 Å². The predicted octanol–water partition coefficient (Wildman–Crippen LogP) is 3.59. The molecule has 0 aromatic rings. The fraction of sp³-hybridized carbons (Fsp3) is 0.938. The molecule has 0 N–H and O–H groups in total. The Labute approximate surface area is 110 Å². The molecule has 2 aliphatic carbocycles. The van der Waals surface area contributed by atoms with Crippen molar-refractivity contribution in [2.45, 2.75) is 65.9 Å². The Morgan fingerprint density at radius 3 is 2.00 bits per heavy atom. The second kappa shape index (κ2) is 3.20. The lowest BCUT2D eigenvalue weighted by Gasteiger charge is -2.54. The quantitative estimate of drug-likeness (QED) is 0.615. The van der Waals surface area contributed by atoms with Crippen LogP contribution in [0.1, 0.15) is 60.3 Å². The van der Waals surface area contributed by atoms with Gasteiger partial charge in [-0.25, -0.2) is 0 Å². The smallest absolute Gasteiger partial charge is 0.167 e. The van der Waals surface area contributed by atoms with Crippen LogP contribution in [0.15, 0.2) is 0 Å². The van der Waals surface area contributed by atoms with E-state index in [9.17, 15) is 4.79 Å². The van der Waals surface area contributed by atoms with E-state index in [4.69, 9.17) is 4.74 Å². The third-order valence-corrected chi connectivity index (χ3v) is 5.67. The molecule has 3 rings (SSSR count). The third-order valence-electron chi connectivity index (χ3n) is 5.67. The molecule has 1 heterocycles. The molecule has 2 atom stereocenters. The first kappa shape index (κ1) is 12.7. The van der Waals surface area contributed by atoms with Gasteiger partial charge in [-0.2, -0.15) is 0 Å². The summed E-state index contributed by atoms with van der Waals surface area (Å²) in [6.45, 7) is 12.4. The first-order valence-corrected chi connectivity index (χ1v) is 7.30. The number of carbonyl (C=O) groups is 1. The summed E-state index contributed by atoms with van der Waals surface area (Å²) in [6, 6.07) is 0. The lowest BCUT2D eigenvalue weighted by molar-refractivity contribution is -0.127. The maximum Gasteiger partial charge on any atom is 0.167 e. The highest BCUT2D eigenvalue weighted by molar-refractivity contribution is 5.93. The van der Waals surface area contributed by atoms with Crippen molar-refractivity contribution in [1.82, 2.24) is 0 Å². The van der Waals surface area contributed by atoms with Crippen molar-refractivity contribution >= 4 is 5.78 Å². The van der Waals surface area contributed by atoms with Gasteiger partial charge in [0.15, 0.2) is 11.4 Å². The molecule has 1 aliphatic heterocycles. The molecule has 2 saturated carbocycles. The molecule has 0 unspecified atom stereocenters. The number of carbonyl (C=O) groups excluding carboxylic acids is 1. The van der Waals surface area contributed by atoms with Crippen LogP contribution in [0.5, 0.6) is 0 Å². The van der Waals surface area contributed by atoms with Gasteiger partial charge in [0, 0.05) is 11.8 Å². The fourth-order valence-corrected chi connectivity index (χ4v) is 5.66. The summed E-state index contributed by atoms with van der Waals surface area (Å²) in [7, 11) is 0. The Morgan fingerprint density at radius 2 is 1.56 bits per heavy atom. The molecule has 0 radical (unpaired) electrons. The maximum absolute atomic E-state index is 12.3. The van der Waals surface area contributed by atoms with Gasteiger partial charge in [0.05, 0.1) is 6.61 Å². The van der Waals surface area contributed by atoms with Crippen LogP contribution in [-0.4, -0.2) is 18.0 Å². The van der Waals surface area contributed by atoms with Crippen LogP contribution in [0.3, 0.4) is 0 Å². The summed E-state index contributed by atoms with van der Waals surface area (Å²) in [5, 5.41) is 0. The highest BCUT2D eigenvalue weighted by Crippen LogP contribution is 2.69. The molecule has 0 aromatic carbocycles. The van der Waals surface area contributed by atoms with Gasteiger partial charge in [-0.05, 0) is 36.0 Å². The van der Waals surface area contributed by atoms with E-state index in [0.29, 0.717) is 29.1 Å². The molecule has 0 amide bonds. The van der Waals surface area contributed by atoms with Gasteiger partial charge in [0.25, 0.3) is 0 Å². The van der Waals surface area contributed by atoms with E-state index in [1.807, 2.05) is 0 Å². The number of Topliss-reactive ketones (excluding diaryl/α,β-unsaturated/α-hetero) is 1. The van der Waals surface area contributed by atoms with Crippen molar-refractivity contribution in [2.24, 2.45) is 22.2 Å². The molecule has 3 aliphatic rings. The number of hydrogen-bond acceptors (Lipinski definition) is 2. The molecule has 2 spiro atoms. The minimum absolute atomic E-state index is 0.106. The molecule has 3 fully saturated rings. The van der Waals surface area contributed by atoms with Gasteiger partial charge in [-0.1, -0.05) is 34.6 Å². The summed E-state index contributed by atoms with van der Waals surface area (Å²) in [5.41, 5.74) is 0.357. The number of rotatable bonds is 0. The molecule has 0 bridgehead atoms. The number of fused-ring (bicyclic) bond motifs is 1. The number of hydrogen-bond donors (Lipinski definition) is 0. The Balaban J connectivity index is 2.06. The molecule has 102 valence electrons. The molecule has 0 aromatic heterocycles. The van der Waals surface area contributed by atoms with Crippen LogP contribution in [0.25, 0.3) is 0 Å². The first-order chi connectivity index (χ1) is 8.13. The van der Waals surface area contributed by atoms with Gasteiger partial charge in [0.2, 0.25) is 0 Å². The van der Waals surface area contributed by atoms with E-state index >= 15 is 0 Å². The number of epoxide rings is 1. The van der Waals surface area contributed by atoms with Crippen LogP contribution in [0.2, 0.25) is 0 Å². The van der Waals surface area contributed by atoms with Crippen molar-refractivity contribution in [3.8, 4) is 0 Å². The molecule has 18 heavy (non-hydrogen) atoms. The van der Waals surface area contributed by atoms with E-state index in [1.165, 1.54) is 6.42 Å². The average Bonchev–Trinajstić information content (AvgIpc) is 2.89. The Kier molecular flexibility index (Phi) is 2.25. The van der Waals surface area contributed by atoms with Gasteiger partial charge in [0.1, 0.15) is 0 Å². The highest BCUT2D eigenvalue weighted by atomic mass is 16.6. The Morgan fingerprint density at radius 1 is 1.06 bits per heavy atom. The van der Waals surface area contributed by atoms with E-state index in [1.54, 1.807) is 0 Å². The van der Waals surface area contributed by atoms with Gasteiger partial charge >= 0.3 is 0 Å². The molecular weight excluding hydrogens is 224 g/mol. The average molecular weight is 250 g/mol. The molecule has 2 nitrogen and oxygen atoms in total. The minimum atomic E-state index is -0.388. The van der Waals surface area contributed by atoms with Crippen LogP contribution >= 0.6 is 0 Å². The molecule has 2 heteroatoms. The lowest BCUT2D eigenvalue weighted by Crippen LogP contribution is -2.51. The van der Waals surface area contributed by atoms with E-state index in [-0.39, 0.29) is 11.0 Å². The third kappa shape index (κ3) is 1.47. The topological polar surface area (TPSA) is 29.6 Å².